The van der Waals surface area contributed by atoms with E-state index < -0.39 is 0 Å². The van der Waals surface area contributed by atoms with Crippen LogP contribution in [-0.4, -0.2) is 70.9 Å². The number of nitrogens with two attached hydrogens (primary N) is 3. The summed E-state index contributed by atoms with van der Waals surface area (Å²) in [6.07, 6.45) is 26.1. The van der Waals surface area contributed by atoms with Gasteiger partial charge >= 0.3 is 0 Å². The quantitative estimate of drug-likeness (QED) is 0.0671. The fourth-order valence-electron chi connectivity index (χ4n) is 11.9. The lowest BCUT2D eigenvalue weighted by Gasteiger charge is -2.65. The molecule has 11 atom stereocenters. The van der Waals surface area contributed by atoms with Gasteiger partial charge < -0.3 is 36.7 Å². The highest BCUT2D eigenvalue weighted by Crippen LogP contribution is 2.69. The molecule has 4 unspecified atom stereocenters. The van der Waals surface area contributed by atoms with Gasteiger partial charge in [0.15, 0.2) is 0 Å². The van der Waals surface area contributed by atoms with Crippen molar-refractivity contribution in [2.24, 2.45) is 63.5 Å². The van der Waals surface area contributed by atoms with Gasteiger partial charge in [-0.05, 0) is 157 Å². The second-order valence-corrected chi connectivity index (χ2v) is 17.8. The zero-order valence-electron chi connectivity index (χ0n) is 33.5. The van der Waals surface area contributed by atoms with Crippen LogP contribution in [0.2, 0.25) is 0 Å². The lowest BCUT2D eigenvalue weighted by molar-refractivity contribution is -0.227. The number of hydrogen-bond acceptors (Lipinski definition) is 7. The van der Waals surface area contributed by atoms with E-state index in [1.54, 1.807) is 0 Å². The Morgan fingerprint density at radius 3 is 2.02 bits per heavy atom. The third-order valence-corrected chi connectivity index (χ3v) is 14.7. The first-order chi connectivity index (χ1) is 24.3. The summed E-state index contributed by atoms with van der Waals surface area (Å²) < 4.78 is 20.4. The van der Waals surface area contributed by atoms with Crippen molar-refractivity contribution in [3.63, 3.8) is 0 Å². The third kappa shape index (κ3) is 10.9. The van der Waals surface area contributed by atoms with E-state index in [4.69, 9.17) is 31.4 Å². The molecule has 0 spiro atoms. The summed E-state index contributed by atoms with van der Waals surface area (Å²) in [5.74, 6) is 3.92. The van der Waals surface area contributed by atoms with Crippen LogP contribution in [0.25, 0.3) is 0 Å². The lowest BCUT2D eigenvalue weighted by atomic mass is 9.43. The predicted octanol–water partition coefficient (Wildman–Crippen LogP) is 8.21. The van der Waals surface area contributed by atoms with Crippen molar-refractivity contribution in [3.05, 3.63) is 0 Å². The molecule has 7 heteroatoms. The molecule has 7 nitrogen and oxygen atoms in total. The average Bonchev–Trinajstić information content (AvgIpc) is 3.47. The van der Waals surface area contributed by atoms with Crippen molar-refractivity contribution in [2.75, 3.05) is 52.5 Å². The Morgan fingerprint density at radius 1 is 0.680 bits per heavy atom. The summed E-state index contributed by atoms with van der Waals surface area (Å²) in [5, 5.41) is 3.79. The SMILES string of the molecule is CCCCCCCCCCNCCCC(C)C1CC[C@H]2C3[C@H](OCCCN)CC4C[C@H](OCCCN)CC[C@]4(C)[C@H]3C[C@H](OCCCN)[C@]12C. The summed E-state index contributed by atoms with van der Waals surface area (Å²) in [6, 6.07) is 0. The van der Waals surface area contributed by atoms with Gasteiger partial charge in [-0.25, -0.2) is 0 Å². The molecule has 0 aromatic rings. The minimum atomic E-state index is 0.181. The Morgan fingerprint density at radius 2 is 1.32 bits per heavy atom. The summed E-state index contributed by atoms with van der Waals surface area (Å²) in [6.45, 7) is 17.0. The molecule has 7 N–H and O–H groups in total. The summed E-state index contributed by atoms with van der Waals surface area (Å²) in [5.41, 5.74) is 18.3. The number of fused-ring (bicyclic) bond motifs is 5. The largest absolute Gasteiger partial charge is 0.378 e. The van der Waals surface area contributed by atoms with Crippen LogP contribution >= 0.6 is 0 Å². The molecule has 0 aromatic carbocycles. The first-order valence-electron chi connectivity index (χ1n) is 22.0. The zero-order chi connectivity index (χ0) is 35.8. The topological polar surface area (TPSA) is 118 Å². The molecule has 0 aliphatic heterocycles. The lowest BCUT2D eigenvalue weighted by Crippen LogP contribution is -2.63. The fraction of sp³-hybridized carbons (Fsp3) is 1.00. The van der Waals surface area contributed by atoms with E-state index in [-0.39, 0.29) is 5.41 Å². The molecule has 4 aliphatic rings. The monoisotopic (exact) mass is 705 g/mol. The predicted molar refractivity (Wildman–Crippen MR) is 210 cm³/mol. The van der Waals surface area contributed by atoms with Gasteiger partial charge in [0.25, 0.3) is 0 Å². The molecule has 294 valence electrons. The zero-order valence-corrected chi connectivity index (χ0v) is 33.5. The molecule has 0 bridgehead atoms. The highest BCUT2D eigenvalue weighted by Gasteiger charge is 2.66. The summed E-state index contributed by atoms with van der Waals surface area (Å²) in [4.78, 5) is 0. The van der Waals surface area contributed by atoms with Gasteiger partial charge in [-0.15, -0.1) is 0 Å². The molecule has 4 rings (SSSR count). The highest BCUT2D eigenvalue weighted by atomic mass is 16.5. The minimum absolute atomic E-state index is 0.181. The van der Waals surface area contributed by atoms with E-state index in [0.29, 0.717) is 78.9 Å². The Balaban J connectivity index is 1.41. The molecule has 0 amide bonds. The third-order valence-electron chi connectivity index (χ3n) is 14.7. The first-order valence-corrected chi connectivity index (χ1v) is 22.0. The maximum atomic E-state index is 7.05. The highest BCUT2D eigenvalue weighted by molar-refractivity contribution is 5.15. The van der Waals surface area contributed by atoms with Crippen molar-refractivity contribution in [2.45, 2.75) is 174 Å². The van der Waals surface area contributed by atoms with Gasteiger partial charge in [0.1, 0.15) is 0 Å². The molecular weight excluding hydrogens is 620 g/mol. The first kappa shape index (κ1) is 42.5. The number of hydrogen-bond donors (Lipinski definition) is 4. The molecule has 0 saturated heterocycles. The maximum absolute atomic E-state index is 7.05. The van der Waals surface area contributed by atoms with Crippen LogP contribution in [0.15, 0.2) is 0 Å². The molecular formula is C43H84N4O3. The summed E-state index contributed by atoms with van der Waals surface area (Å²) >= 11 is 0. The van der Waals surface area contributed by atoms with Crippen LogP contribution in [0.1, 0.15) is 156 Å². The molecule has 0 aromatic heterocycles. The Hall–Kier alpha value is -0.280. The number of unbranched alkanes of at least 4 members (excludes halogenated alkanes) is 7. The number of rotatable bonds is 26. The van der Waals surface area contributed by atoms with Crippen LogP contribution in [0.4, 0.5) is 0 Å². The van der Waals surface area contributed by atoms with Crippen LogP contribution in [-0.2, 0) is 14.2 Å². The molecule has 50 heavy (non-hydrogen) atoms. The second kappa shape index (κ2) is 22.2. The molecule has 4 saturated carbocycles. The van der Waals surface area contributed by atoms with Crippen molar-refractivity contribution in [1.82, 2.24) is 5.32 Å². The molecule has 4 fully saturated rings. The standard InChI is InChI=1S/C43H84N4O3/c1-5-6-7-8-9-10-11-12-25-47-26-13-17-33(2)36-18-19-37-41-38(32-40(43(36,37)4)50-29-16-24-46)42(3)21-20-35(48-27-14-22-44)30-34(42)31-39(41)49-28-15-23-45/h33-41,47H,5-32,44-46H2,1-4H3/t33?,34?,35-,36?,37+,38+,39-,40+,41?,42+,43-/m1/s1. The van der Waals surface area contributed by atoms with Crippen LogP contribution in [0.3, 0.4) is 0 Å². The number of ether oxygens (including phenoxy) is 3. The van der Waals surface area contributed by atoms with Crippen LogP contribution in [0.5, 0.6) is 0 Å². The Bertz CT molecular complexity index is 909. The van der Waals surface area contributed by atoms with Crippen molar-refractivity contribution in [3.8, 4) is 0 Å². The van der Waals surface area contributed by atoms with E-state index in [1.165, 1.54) is 109 Å². The van der Waals surface area contributed by atoms with E-state index in [2.05, 4.69) is 33.0 Å². The molecule has 4 aliphatic carbocycles. The molecule has 0 heterocycles. The summed E-state index contributed by atoms with van der Waals surface area (Å²) in [7, 11) is 0. The molecule has 0 radical (unpaired) electrons. The normalized spacial score (nSPS) is 35.8. The van der Waals surface area contributed by atoms with Crippen molar-refractivity contribution >= 4 is 0 Å². The van der Waals surface area contributed by atoms with E-state index in [0.717, 1.165) is 52.0 Å². The van der Waals surface area contributed by atoms with E-state index >= 15 is 0 Å². The second-order valence-electron chi connectivity index (χ2n) is 17.8. The van der Waals surface area contributed by atoms with Gasteiger partial charge in [0.2, 0.25) is 0 Å². The van der Waals surface area contributed by atoms with Crippen LogP contribution in [0, 0.1) is 46.3 Å². The van der Waals surface area contributed by atoms with Gasteiger partial charge in [0.05, 0.1) is 18.3 Å². The van der Waals surface area contributed by atoms with Crippen LogP contribution < -0.4 is 22.5 Å². The van der Waals surface area contributed by atoms with Gasteiger partial charge in [0, 0.05) is 25.2 Å². The van der Waals surface area contributed by atoms with Gasteiger partial charge in [-0.2, -0.15) is 0 Å². The smallest absolute Gasteiger partial charge is 0.0637 e. The van der Waals surface area contributed by atoms with E-state index in [1.807, 2.05) is 0 Å². The maximum Gasteiger partial charge on any atom is 0.0637 e. The van der Waals surface area contributed by atoms with Gasteiger partial charge in [-0.1, -0.05) is 72.6 Å². The Kier molecular flexibility index (Phi) is 18.8. The van der Waals surface area contributed by atoms with Crippen molar-refractivity contribution in [1.29, 1.82) is 0 Å². The fourth-order valence-corrected chi connectivity index (χ4v) is 11.9. The Labute approximate surface area is 309 Å². The van der Waals surface area contributed by atoms with Crippen molar-refractivity contribution < 1.29 is 14.2 Å². The van der Waals surface area contributed by atoms with E-state index in [9.17, 15) is 0 Å². The average molecular weight is 705 g/mol. The minimum Gasteiger partial charge on any atom is -0.378 e. The number of nitrogens with one attached hydrogen (secondary N) is 1. The van der Waals surface area contributed by atoms with Gasteiger partial charge in [-0.3, -0.25) is 0 Å².